The van der Waals surface area contributed by atoms with Crippen molar-refractivity contribution in [2.75, 3.05) is 26.5 Å². The second kappa shape index (κ2) is 7.74. The first-order valence-electron chi connectivity index (χ1n) is 6.99. The molecule has 0 aromatic heterocycles. The third-order valence-electron chi connectivity index (χ3n) is 3.58. The van der Waals surface area contributed by atoms with E-state index in [1.54, 1.807) is 6.92 Å². The van der Waals surface area contributed by atoms with Crippen LogP contribution in [0, 0.1) is 5.92 Å². The molecule has 0 spiro atoms. The third-order valence-corrected chi connectivity index (χ3v) is 4.14. The highest BCUT2D eigenvalue weighted by Crippen LogP contribution is 2.21. The number of likely N-dealkylation sites (tertiary alicyclic amines) is 1. The second-order valence-electron chi connectivity index (χ2n) is 5.27. The quantitative estimate of drug-likeness (QED) is 0.542. The summed E-state index contributed by atoms with van der Waals surface area (Å²) < 4.78 is 31.6. The zero-order valence-electron chi connectivity index (χ0n) is 12.7. The molecule has 0 radical (unpaired) electrons. The lowest BCUT2D eigenvalue weighted by molar-refractivity contribution is -0.154. The Hall–Kier alpha value is -1.15. The number of amides is 1. The molecule has 0 aliphatic carbocycles. The first kappa shape index (κ1) is 17.9. The molecule has 1 rings (SSSR count). The van der Waals surface area contributed by atoms with Crippen LogP contribution in [0.4, 0.5) is 0 Å². The van der Waals surface area contributed by atoms with E-state index in [0.29, 0.717) is 13.0 Å². The van der Waals surface area contributed by atoms with Crippen molar-refractivity contribution in [3.63, 3.8) is 0 Å². The predicted molar refractivity (Wildman–Crippen MR) is 75.9 cm³/mol. The van der Waals surface area contributed by atoms with Gasteiger partial charge in [0, 0.05) is 6.54 Å². The van der Waals surface area contributed by atoms with E-state index in [1.807, 2.05) is 0 Å². The number of carbonyl (C=O) groups excluding carboxylic acids is 2. The number of esters is 1. The van der Waals surface area contributed by atoms with Gasteiger partial charge in [0.25, 0.3) is 10.1 Å². The SMILES string of the molecule is COC(=O)C(C)N1CCCCCC(COS(C)(=O)=O)C1=O. The van der Waals surface area contributed by atoms with Crippen LogP contribution in [0.3, 0.4) is 0 Å². The zero-order chi connectivity index (χ0) is 16.0. The molecule has 8 heteroatoms. The lowest BCUT2D eigenvalue weighted by Gasteiger charge is -2.32. The first-order valence-corrected chi connectivity index (χ1v) is 8.80. The van der Waals surface area contributed by atoms with Gasteiger partial charge in [0.1, 0.15) is 6.04 Å². The Labute approximate surface area is 125 Å². The largest absolute Gasteiger partial charge is 0.467 e. The molecule has 2 unspecified atom stereocenters. The Kier molecular flexibility index (Phi) is 6.60. The molecule has 1 aliphatic heterocycles. The molecule has 0 aromatic rings. The Morgan fingerprint density at radius 1 is 1.38 bits per heavy atom. The summed E-state index contributed by atoms with van der Waals surface area (Å²) in [5.41, 5.74) is 0. The zero-order valence-corrected chi connectivity index (χ0v) is 13.5. The molecule has 0 bridgehead atoms. The van der Waals surface area contributed by atoms with E-state index in [1.165, 1.54) is 12.0 Å². The molecule has 0 N–H and O–H groups in total. The number of methoxy groups -OCH3 is 1. The van der Waals surface area contributed by atoms with E-state index in [4.69, 9.17) is 4.18 Å². The first-order chi connectivity index (χ1) is 9.76. The van der Waals surface area contributed by atoms with Crippen molar-refractivity contribution < 1.29 is 26.9 Å². The van der Waals surface area contributed by atoms with Crippen molar-refractivity contribution in [3.8, 4) is 0 Å². The summed E-state index contributed by atoms with van der Waals surface area (Å²) in [6.45, 7) is 1.90. The van der Waals surface area contributed by atoms with Crippen molar-refractivity contribution in [2.45, 2.75) is 38.6 Å². The summed E-state index contributed by atoms with van der Waals surface area (Å²) in [6.07, 6.45) is 4.08. The van der Waals surface area contributed by atoms with Gasteiger partial charge in [-0.2, -0.15) is 8.42 Å². The minimum absolute atomic E-state index is 0.179. The molecular weight excluding hydrogens is 298 g/mol. The standard InChI is InChI=1S/C13H23NO6S/c1-10(13(16)19-2)14-8-6-4-5-7-11(12(14)15)9-20-21(3,17)18/h10-11H,4-9H2,1-3H3. The molecular formula is C13H23NO6S. The Morgan fingerprint density at radius 2 is 2.05 bits per heavy atom. The molecule has 122 valence electrons. The molecule has 1 saturated heterocycles. The average molecular weight is 321 g/mol. The number of hydrogen-bond acceptors (Lipinski definition) is 6. The number of nitrogens with zero attached hydrogens (tertiary/aromatic N) is 1. The Bertz CT molecular complexity index is 475. The van der Waals surface area contributed by atoms with Gasteiger partial charge in [-0.15, -0.1) is 0 Å². The number of hydrogen-bond donors (Lipinski definition) is 0. The third kappa shape index (κ3) is 5.62. The van der Waals surface area contributed by atoms with Crippen LogP contribution in [-0.4, -0.2) is 57.8 Å². The maximum absolute atomic E-state index is 12.5. The van der Waals surface area contributed by atoms with Gasteiger partial charge in [-0.25, -0.2) is 4.79 Å². The van der Waals surface area contributed by atoms with Crippen LogP contribution in [0.2, 0.25) is 0 Å². The topological polar surface area (TPSA) is 90.0 Å². The van der Waals surface area contributed by atoms with Gasteiger partial charge >= 0.3 is 5.97 Å². The maximum Gasteiger partial charge on any atom is 0.328 e. The van der Waals surface area contributed by atoms with Crippen molar-refractivity contribution in [2.24, 2.45) is 5.92 Å². The van der Waals surface area contributed by atoms with Crippen LogP contribution < -0.4 is 0 Å². The summed E-state index contributed by atoms with van der Waals surface area (Å²) in [7, 11) is -2.31. The molecule has 1 fully saturated rings. The summed E-state index contributed by atoms with van der Waals surface area (Å²) in [5, 5.41) is 0. The van der Waals surface area contributed by atoms with Crippen LogP contribution in [0.5, 0.6) is 0 Å². The van der Waals surface area contributed by atoms with Crippen LogP contribution in [0.1, 0.15) is 32.6 Å². The van der Waals surface area contributed by atoms with E-state index < -0.39 is 28.0 Å². The van der Waals surface area contributed by atoms with Gasteiger partial charge in [-0.3, -0.25) is 8.98 Å². The Morgan fingerprint density at radius 3 is 2.62 bits per heavy atom. The average Bonchev–Trinajstić information content (AvgIpc) is 2.40. The van der Waals surface area contributed by atoms with Crippen molar-refractivity contribution in [1.82, 2.24) is 4.90 Å². The summed E-state index contributed by atoms with van der Waals surface area (Å²) in [5.74, 6) is -1.28. The van der Waals surface area contributed by atoms with E-state index in [2.05, 4.69) is 4.74 Å². The van der Waals surface area contributed by atoms with Crippen LogP contribution in [0.25, 0.3) is 0 Å². The molecule has 7 nitrogen and oxygen atoms in total. The number of ether oxygens (including phenoxy) is 1. The molecule has 21 heavy (non-hydrogen) atoms. The monoisotopic (exact) mass is 321 g/mol. The van der Waals surface area contributed by atoms with Crippen molar-refractivity contribution in [1.29, 1.82) is 0 Å². The van der Waals surface area contributed by atoms with Gasteiger partial charge in [0.15, 0.2) is 0 Å². The predicted octanol–water partition coefficient (Wildman–Crippen LogP) is 0.543. The minimum atomic E-state index is -3.59. The highest BCUT2D eigenvalue weighted by atomic mass is 32.2. The van der Waals surface area contributed by atoms with E-state index >= 15 is 0 Å². The van der Waals surface area contributed by atoms with E-state index in [-0.39, 0.29) is 12.5 Å². The number of rotatable bonds is 5. The number of carbonyl (C=O) groups is 2. The highest BCUT2D eigenvalue weighted by Gasteiger charge is 2.32. The van der Waals surface area contributed by atoms with Gasteiger partial charge < -0.3 is 9.64 Å². The fourth-order valence-electron chi connectivity index (χ4n) is 2.36. The fraction of sp³-hybridized carbons (Fsp3) is 0.846. The van der Waals surface area contributed by atoms with Crippen LogP contribution >= 0.6 is 0 Å². The van der Waals surface area contributed by atoms with Gasteiger partial charge in [0.2, 0.25) is 5.91 Å². The molecule has 2 atom stereocenters. The van der Waals surface area contributed by atoms with Crippen molar-refractivity contribution in [3.05, 3.63) is 0 Å². The maximum atomic E-state index is 12.5. The lowest BCUT2D eigenvalue weighted by Crippen LogP contribution is -2.48. The Balaban J connectivity index is 2.82. The van der Waals surface area contributed by atoms with Gasteiger partial charge in [-0.1, -0.05) is 12.8 Å². The van der Waals surface area contributed by atoms with Crippen molar-refractivity contribution >= 4 is 22.0 Å². The summed E-state index contributed by atoms with van der Waals surface area (Å²) in [6, 6.07) is -0.679. The van der Waals surface area contributed by atoms with E-state index in [9.17, 15) is 18.0 Å². The normalized spacial score (nSPS) is 22.3. The smallest absolute Gasteiger partial charge is 0.328 e. The second-order valence-corrected chi connectivity index (χ2v) is 6.91. The molecule has 0 aromatic carbocycles. The summed E-state index contributed by atoms with van der Waals surface area (Å²) in [4.78, 5) is 25.6. The summed E-state index contributed by atoms with van der Waals surface area (Å²) >= 11 is 0. The van der Waals surface area contributed by atoms with Crippen LogP contribution in [0.15, 0.2) is 0 Å². The molecule has 1 aliphatic rings. The molecule has 1 heterocycles. The van der Waals surface area contributed by atoms with E-state index in [0.717, 1.165) is 25.5 Å². The lowest BCUT2D eigenvalue weighted by atomic mass is 9.97. The minimum Gasteiger partial charge on any atom is -0.467 e. The van der Waals surface area contributed by atoms with Gasteiger partial charge in [0.05, 0.1) is 25.9 Å². The van der Waals surface area contributed by atoms with Gasteiger partial charge in [-0.05, 0) is 19.8 Å². The highest BCUT2D eigenvalue weighted by molar-refractivity contribution is 7.85. The fourth-order valence-corrected chi connectivity index (χ4v) is 2.77. The molecule has 0 saturated carbocycles. The molecule has 1 amide bonds. The van der Waals surface area contributed by atoms with Crippen LogP contribution in [-0.2, 0) is 28.6 Å².